The highest BCUT2D eigenvalue weighted by Gasteiger charge is 2.02. The van der Waals surface area contributed by atoms with E-state index in [0.29, 0.717) is 6.42 Å². The van der Waals surface area contributed by atoms with Crippen LogP contribution in [0.2, 0.25) is 0 Å². The molecule has 0 radical (unpaired) electrons. The Kier molecular flexibility index (Phi) is 6.68. The van der Waals surface area contributed by atoms with E-state index >= 15 is 0 Å². The van der Waals surface area contributed by atoms with Gasteiger partial charge in [-0.2, -0.15) is 5.10 Å². The van der Waals surface area contributed by atoms with Gasteiger partial charge in [-0.15, -0.1) is 11.8 Å². The fourth-order valence-corrected chi connectivity index (χ4v) is 2.87. The van der Waals surface area contributed by atoms with Crippen LogP contribution in [-0.4, -0.2) is 17.4 Å². The van der Waals surface area contributed by atoms with Gasteiger partial charge in [-0.25, -0.2) is 5.43 Å². The summed E-state index contributed by atoms with van der Waals surface area (Å²) in [5, 5.41) is 4.14. The van der Waals surface area contributed by atoms with E-state index in [1.807, 2.05) is 61.5 Å². The molecule has 0 saturated heterocycles. The molecule has 22 heavy (non-hydrogen) atoms. The molecule has 0 spiro atoms. The Morgan fingerprint density at radius 3 is 2.50 bits per heavy atom. The second-order valence-electron chi connectivity index (χ2n) is 4.65. The monoisotopic (exact) mass is 376 g/mol. The molecule has 0 unspecified atom stereocenters. The molecular weight excluding hydrogens is 360 g/mol. The molecule has 0 aliphatic rings. The minimum Gasteiger partial charge on any atom is -0.273 e. The molecule has 0 fully saturated rings. The van der Waals surface area contributed by atoms with Gasteiger partial charge in [-0.1, -0.05) is 46.3 Å². The Hall–Kier alpha value is -1.59. The fraction of sp³-hybridized carbons (Fsp3) is 0.176. The molecule has 2 aromatic rings. The molecule has 1 N–H and O–H groups in total. The van der Waals surface area contributed by atoms with Crippen molar-refractivity contribution in [2.24, 2.45) is 5.10 Å². The number of amides is 1. The van der Waals surface area contributed by atoms with E-state index in [-0.39, 0.29) is 5.91 Å². The van der Waals surface area contributed by atoms with Crippen LogP contribution in [0.1, 0.15) is 18.9 Å². The molecule has 0 bridgehead atoms. The van der Waals surface area contributed by atoms with Crippen molar-refractivity contribution in [1.29, 1.82) is 0 Å². The molecule has 114 valence electrons. The van der Waals surface area contributed by atoms with E-state index < -0.39 is 0 Å². The summed E-state index contributed by atoms with van der Waals surface area (Å²) in [6.07, 6.45) is 0.441. The maximum atomic E-state index is 11.8. The number of nitrogens with one attached hydrogen (secondary N) is 1. The van der Waals surface area contributed by atoms with Crippen LogP contribution in [0.4, 0.5) is 0 Å². The van der Waals surface area contributed by atoms with Crippen molar-refractivity contribution in [1.82, 2.24) is 5.43 Å². The number of hydrogen-bond donors (Lipinski definition) is 1. The summed E-state index contributed by atoms with van der Waals surface area (Å²) in [4.78, 5) is 13.0. The van der Waals surface area contributed by atoms with Crippen molar-refractivity contribution in [3.05, 3.63) is 64.6 Å². The molecule has 0 atom stereocenters. The van der Waals surface area contributed by atoms with Crippen molar-refractivity contribution < 1.29 is 4.79 Å². The molecule has 2 aromatic carbocycles. The minimum absolute atomic E-state index is 0.0695. The van der Waals surface area contributed by atoms with Gasteiger partial charge in [-0.3, -0.25) is 4.79 Å². The number of carbonyl (C=O) groups excluding carboxylic acids is 1. The summed E-state index contributed by atoms with van der Waals surface area (Å²) in [7, 11) is 0. The lowest BCUT2D eigenvalue weighted by atomic mass is 10.1. The maximum absolute atomic E-state index is 11.8. The van der Waals surface area contributed by atoms with Crippen LogP contribution in [0.15, 0.2) is 69.1 Å². The van der Waals surface area contributed by atoms with Crippen molar-refractivity contribution in [3.63, 3.8) is 0 Å². The Morgan fingerprint density at radius 2 is 1.82 bits per heavy atom. The van der Waals surface area contributed by atoms with Gasteiger partial charge in [-0.05, 0) is 36.8 Å². The fourth-order valence-electron chi connectivity index (χ4n) is 1.74. The van der Waals surface area contributed by atoms with Crippen molar-refractivity contribution in [2.75, 3.05) is 5.75 Å². The smallest absolute Gasteiger partial charge is 0.240 e. The summed E-state index contributed by atoms with van der Waals surface area (Å²) in [6, 6.07) is 17.9. The topological polar surface area (TPSA) is 41.5 Å². The standard InChI is InChI=1S/C17H17BrN2OS/c1-13(14-7-9-15(18)10-8-14)19-20-17(21)11-12-22-16-5-3-2-4-6-16/h2-10H,11-12H2,1H3,(H,20,21)/b19-13-. The van der Waals surface area contributed by atoms with Crippen molar-refractivity contribution in [3.8, 4) is 0 Å². The van der Waals surface area contributed by atoms with Crippen LogP contribution < -0.4 is 5.43 Å². The van der Waals surface area contributed by atoms with Gasteiger partial charge < -0.3 is 0 Å². The number of thioether (sulfide) groups is 1. The summed E-state index contributed by atoms with van der Waals surface area (Å²) in [6.45, 7) is 1.88. The largest absolute Gasteiger partial charge is 0.273 e. The van der Waals surface area contributed by atoms with E-state index in [1.54, 1.807) is 11.8 Å². The lowest BCUT2D eigenvalue weighted by molar-refractivity contribution is -0.120. The number of benzene rings is 2. The number of rotatable bonds is 6. The third-order valence-corrected chi connectivity index (χ3v) is 4.49. The second kappa shape index (κ2) is 8.76. The summed E-state index contributed by atoms with van der Waals surface area (Å²) >= 11 is 5.06. The first-order chi connectivity index (χ1) is 10.6. The Morgan fingerprint density at radius 1 is 1.14 bits per heavy atom. The van der Waals surface area contributed by atoms with E-state index in [9.17, 15) is 4.79 Å². The molecular formula is C17H17BrN2OS. The van der Waals surface area contributed by atoms with Gasteiger partial charge in [0.2, 0.25) is 5.91 Å². The number of hydrogen-bond acceptors (Lipinski definition) is 3. The van der Waals surface area contributed by atoms with Crippen LogP contribution in [0.25, 0.3) is 0 Å². The minimum atomic E-state index is -0.0695. The van der Waals surface area contributed by atoms with E-state index in [1.165, 1.54) is 4.90 Å². The first-order valence-corrected chi connectivity index (χ1v) is 8.70. The number of carbonyl (C=O) groups is 1. The number of halogens is 1. The van der Waals surface area contributed by atoms with Crippen molar-refractivity contribution >= 4 is 39.3 Å². The lowest BCUT2D eigenvalue weighted by Crippen LogP contribution is -2.19. The van der Waals surface area contributed by atoms with Gasteiger partial charge in [0, 0.05) is 21.5 Å². The normalized spacial score (nSPS) is 11.3. The summed E-state index contributed by atoms with van der Waals surface area (Å²) < 4.78 is 1.02. The van der Waals surface area contributed by atoms with Crippen LogP contribution >= 0.6 is 27.7 Å². The summed E-state index contributed by atoms with van der Waals surface area (Å²) in [5.74, 6) is 0.669. The zero-order valence-electron chi connectivity index (χ0n) is 12.3. The highest BCUT2D eigenvalue weighted by atomic mass is 79.9. The van der Waals surface area contributed by atoms with Crippen molar-refractivity contribution in [2.45, 2.75) is 18.2 Å². The lowest BCUT2D eigenvalue weighted by Gasteiger charge is -2.03. The molecule has 0 aliphatic carbocycles. The Balaban J connectivity index is 1.77. The molecule has 1 amide bonds. The van der Waals surface area contributed by atoms with Crippen LogP contribution in [0, 0.1) is 0 Å². The number of nitrogens with zero attached hydrogens (tertiary/aromatic N) is 1. The van der Waals surface area contributed by atoms with Gasteiger partial charge in [0.15, 0.2) is 0 Å². The zero-order chi connectivity index (χ0) is 15.8. The quantitative estimate of drug-likeness (QED) is 0.458. The zero-order valence-corrected chi connectivity index (χ0v) is 14.7. The van der Waals surface area contributed by atoms with Gasteiger partial charge >= 0.3 is 0 Å². The summed E-state index contributed by atoms with van der Waals surface area (Å²) in [5.41, 5.74) is 4.38. The van der Waals surface area contributed by atoms with Gasteiger partial charge in [0.25, 0.3) is 0 Å². The highest BCUT2D eigenvalue weighted by molar-refractivity contribution is 9.10. The third-order valence-electron chi connectivity index (χ3n) is 2.95. The van der Waals surface area contributed by atoms with Gasteiger partial charge in [0.05, 0.1) is 5.71 Å². The first-order valence-electron chi connectivity index (χ1n) is 6.92. The average molecular weight is 377 g/mol. The SMILES string of the molecule is C/C(=N/NC(=O)CCSc1ccccc1)c1ccc(Br)cc1. The predicted octanol–water partition coefficient (Wildman–Crippen LogP) is 4.47. The molecule has 3 nitrogen and oxygen atoms in total. The Labute approximate surface area is 143 Å². The van der Waals surface area contributed by atoms with Crippen LogP contribution in [0.5, 0.6) is 0 Å². The highest BCUT2D eigenvalue weighted by Crippen LogP contribution is 2.17. The molecule has 0 heterocycles. The van der Waals surface area contributed by atoms with Crippen LogP contribution in [0.3, 0.4) is 0 Å². The molecule has 0 aliphatic heterocycles. The van der Waals surface area contributed by atoms with E-state index in [2.05, 4.69) is 26.5 Å². The second-order valence-corrected chi connectivity index (χ2v) is 6.73. The molecule has 0 saturated carbocycles. The first kappa shape index (κ1) is 16.8. The van der Waals surface area contributed by atoms with Crippen LogP contribution in [-0.2, 0) is 4.79 Å². The van der Waals surface area contributed by atoms with E-state index in [0.717, 1.165) is 21.5 Å². The molecule has 0 aromatic heterocycles. The molecule has 2 rings (SSSR count). The van der Waals surface area contributed by atoms with Gasteiger partial charge in [0.1, 0.15) is 0 Å². The Bertz CT molecular complexity index is 641. The van der Waals surface area contributed by atoms with E-state index in [4.69, 9.17) is 0 Å². The molecule has 5 heteroatoms. The predicted molar refractivity (Wildman–Crippen MR) is 96.3 cm³/mol. The maximum Gasteiger partial charge on any atom is 0.240 e. The third kappa shape index (κ3) is 5.66. The average Bonchev–Trinajstić information content (AvgIpc) is 2.54. The number of hydrazone groups is 1.